The molecule has 1 saturated heterocycles. The van der Waals surface area contributed by atoms with Gasteiger partial charge in [-0.05, 0) is 24.6 Å². The Morgan fingerprint density at radius 2 is 2.29 bits per heavy atom. The fourth-order valence-electron chi connectivity index (χ4n) is 1.74. The first-order valence-corrected chi connectivity index (χ1v) is 5.80. The maximum absolute atomic E-state index is 5.93. The van der Waals surface area contributed by atoms with Crippen molar-refractivity contribution < 1.29 is 4.74 Å². The van der Waals surface area contributed by atoms with Crippen molar-refractivity contribution in [3.63, 3.8) is 0 Å². The molecule has 1 aliphatic rings. The maximum atomic E-state index is 5.93. The van der Waals surface area contributed by atoms with Crippen LogP contribution < -0.4 is 5.73 Å². The van der Waals surface area contributed by atoms with Crippen LogP contribution in [0.2, 0.25) is 0 Å². The van der Waals surface area contributed by atoms with E-state index in [2.05, 4.69) is 9.98 Å². The second-order valence-electron chi connectivity index (χ2n) is 4.10. The number of pyridine rings is 1. The van der Waals surface area contributed by atoms with Gasteiger partial charge in [0, 0.05) is 19.3 Å². The SMILES string of the molecule is Cc1ccnc(CN=C(N)N2CCOCC2)c1. The molecule has 2 rings (SSSR count). The molecule has 0 spiro atoms. The molecule has 2 N–H and O–H groups in total. The van der Waals surface area contributed by atoms with E-state index in [9.17, 15) is 0 Å². The highest BCUT2D eigenvalue weighted by atomic mass is 16.5. The van der Waals surface area contributed by atoms with Crippen molar-refractivity contribution in [3.05, 3.63) is 29.6 Å². The summed E-state index contributed by atoms with van der Waals surface area (Å²) >= 11 is 0. The van der Waals surface area contributed by atoms with E-state index in [1.807, 2.05) is 24.0 Å². The predicted molar refractivity (Wildman–Crippen MR) is 66.7 cm³/mol. The third-order valence-corrected chi connectivity index (χ3v) is 2.71. The third kappa shape index (κ3) is 3.42. The van der Waals surface area contributed by atoms with Crippen LogP contribution in [0, 0.1) is 6.92 Å². The minimum atomic E-state index is 0.533. The van der Waals surface area contributed by atoms with E-state index < -0.39 is 0 Å². The molecule has 5 heteroatoms. The first kappa shape index (κ1) is 11.9. The zero-order valence-corrected chi connectivity index (χ0v) is 10.1. The van der Waals surface area contributed by atoms with Gasteiger partial charge >= 0.3 is 0 Å². The molecule has 5 nitrogen and oxygen atoms in total. The smallest absolute Gasteiger partial charge is 0.191 e. The maximum Gasteiger partial charge on any atom is 0.191 e. The van der Waals surface area contributed by atoms with Crippen LogP contribution in [0.5, 0.6) is 0 Å². The number of guanidine groups is 1. The van der Waals surface area contributed by atoms with Gasteiger partial charge in [0.05, 0.1) is 25.5 Å². The zero-order chi connectivity index (χ0) is 12.1. The van der Waals surface area contributed by atoms with Gasteiger partial charge in [0.25, 0.3) is 0 Å². The average molecular weight is 234 g/mol. The van der Waals surface area contributed by atoms with Gasteiger partial charge in [-0.25, -0.2) is 4.99 Å². The molecular weight excluding hydrogens is 216 g/mol. The molecular formula is C12H18N4O. The third-order valence-electron chi connectivity index (χ3n) is 2.71. The molecule has 1 aromatic heterocycles. The molecule has 0 atom stereocenters. The molecule has 1 fully saturated rings. The van der Waals surface area contributed by atoms with Gasteiger partial charge in [0.15, 0.2) is 5.96 Å². The Morgan fingerprint density at radius 3 is 3.00 bits per heavy atom. The van der Waals surface area contributed by atoms with Gasteiger partial charge in [-0.3, -0.25) is 4.98 Å². The van der Waals surface area contributed by atoms with Crippen LogP contribution in [-0.2, 0) is 11.3 Å². The first-order valence-electron chi connectivity index (χ1n) is 5.80. The number of ether oxygens (including phenoxy) is 1. The van der Waals surface area contributed by atoms with E-state index in [-0.39, 0.29) is 0 Å². The Hall–Kier alpha value is -1.62. The molecule has 17 heavy (non-hydrogen) atoms. The van der Waals surface area contributed by atoms with Gasteiger partial charge in [-0.2, -0.15) is 0 Å². The summed E-state index contributed by atoms with van der Waals surface area (Å²) in [6.07, 6.45) is 1.80. The summed E-state index contributed by atoms with van der Waals surface area (Å²) in [7, 11) is 0. The van der Waals surface area contributed by atoms with Crippen molar-refractivity contribution in [3.8, 4) is 0 Å². The van der Waals surface area contributed by atoms with Crippen molar-refractivity contribution in [1.29, 1.82) is 0 Å². The van der Waals surface area contributed by atoms with Crippen LogP contribution in [0.15, 0.2) is 23.3 Å². The van der Waals surface area contributed by atoms with Gasteiger partial charge < -0.3 is 15.4 Å². The van der Waals surface area contributed by atoms with E-state index >= 15 is 0 Å². The molecule has 0 aliphatic carbocycles. The van der Waals surface area contributed by atoms with Crippen LogP contribution in [0.25, 0.3) is 0 Å². The van der Waals surface area contributed by atoms with Crippen LogP contribution in [0.1, 0.15) is 11.3 Å². The lowest BCUT2D eigenvalue weighted by molar-refractivity contribution is 0.0674. The summed E-state index contributed by atoms with van der Waals surface area (Å²) in [6.45, 7) is 5.65. The number of hydrogen-bond donors (Lipinski definition) is 1. The molecule has 92 valence electrons. The summed E-state index contributed by atoms with van der Waals surface area (Å²) in [4.78, 5) is 10.7. The Bertz CT molecular complexity index is 399. The molecule has 0 aromatic carbocycles. The van der Waals surface area contributed by atoms with Gasteiger partial charge in [-0.15, -0.1) is 0 Å². The fraction of sp³-hybridized carbons (Fsp3) is 0.500. The molecule has 0 bridgehead atoms. The minimum Gasteiger partial charge on any atom is -0.378 e. The van der Waals surface area contributed by atoms with Crippen molar-refractivity contribution in [2.24, 2.45) is 10.7 Å². The van der Waals surface area contributed by atoms with Crippen molar-refractivity contribution in [1.82, 2.24) is 9.88 Å². The molecule has 0 amide bonds. The summed E-state index contributed by atoms with van der Waals surface area (Å²) in [6, 6.07) is 3.99. The van der Waals surface area contributed by atoms with E-state index in [0.717, 1.165) is 32.0 Å². The quantitative estimate of drug-likeness (QED) is 0.599. The second-order valence-corrected chi connectivity index (χ2v) is 4.10. The number of aryl methyl sites for hydroxylation is 1. The number of nitrogens with zero attached hydrogens (tertiary/aromatic N) is 3. The average Bonchev–Trinajstić information content (AvgIpc) is 2.37. The Morgan fingerprint density at radius 1 is 1.53 bits per heavy atom. The second kappa shape index (κ2) is 5.63. The number of hydrogen-bond acceptors (Lipinski definition) is 3. The van der Waals surface area contributed by atoms with Crippen LogP contribution >= 0.6 is 0 Å². The molecule has 0 saturated carbocycles. The molecule has 2 heterocycles. The van der Waals surface area contributed by atoms with Crippen LogP contribution in [0.4, 0.5) is 0 Å². The van der Waals surface area contributed by atoms with E-state index in [0.29, 0.717) is 12.5 Å². The molecule has 0 radical (unpaired) electrons. The lowest BCUT2D eigenvalue weighted by atomic mass is 10.2. The normalized spacial score (nSPS) is 17.2. The standard InChI is InChI=1S/C12H18N4O/c1-10-2-3-14-11(8-10)9-15-12(13)16-4-6-17-7-5-16/h2-3,8H,4-7,9H2,1H3,(H2,13,15). The summed E-state index contributed by atoms with van der Waals surface area (Å²) < 4.78 is 5.26. The highest BCUT2D eigenvalue weighted by Gasteiger charge is 2.11. The van der Waals surface area contributed by atoms with Crippen molar-refractivity contribution >= 4 is 5.96 Å². The Kier molecular flexibility index (Phi) is 3.93. The topological polar surface area (TPSA) is 63.7 Å². The van der Waals surface area contributed by atoms with Gasteiger partial charge in [0.2, 0.25) is 0 Å². The summed E-state index contributed by atoms with van der Waals surface area (Å²) in [5.41, 5.74) is 8.06. The van der Waals surface area contributed by atoms with Crippen LogP contribution in [-0.4, -0.2) is 42.1 Å². The van der Waals surface area contributed by atoms with E-state index in [1.54, 1.807) is 6.20 Å². The lowest BCUT2D eigenvalue weighted by Crippen LogP contribution is -2.44. The number of aliphatic imine (C=N–C) groups is 1. The zero-order valence-electron chi connectivity index (χ0n) is 10.1. The van der Waals surface area contributed by atoms with Crippen molar-refractivity contribution in [2.75, 3.05) is 26.3 Å². The van der Waals surface area contributed by atoms with Crippen molar-refractivity contribution in [2.45, 2.75) is 13.5 Å². The largest absolute Gasteiger partial charge is 0.378 e. The number of aromatic nitrogens is 1. The number of rotatable bonds is 2. The molecule has 0 unspecified atom stereocenters. The van der Waals surface area contributed by atoms with Gasteiger partial charge in [0.1, 0.15) is 0 Å². The van der Waals surface area contributed by atoms with Crippen LogP contribution in [0.3, 0.4) is 0 Å². The molecule has 1 aromatic rings. The minimum absolute atomic E-state index is 0.533. The summed E-state index contributed by atoms with van der Waals surface area (Å²) in [5, 5.41) is 0. The predicted octanol–water partition coefficient (Wildman–Crippen LogP) is 0.537. The Balaban J connectivity index is 1.95. The van der Waals surface area contributed by atoms with E-state index in [4.69, 9.17) is 10.5 Å². The molecule has 1 aliphatic heterocycles. The fourth-order valence-corrected chi connectivity index (χ4v) is 1.74. The summed E-state index contributed by atoms with van der Waals surface area (Å²) in [5.74, 6) is 0.580. The highest BCUT2D eigenvalue weighted by Crippen LogP contribution is 2.02. The number of morpholine rings is 1. The number of nitrogens with two attached hydrogens (primary N) is 1. The Labute approximate surface area is 101 Å². The lowest BCUT2D eigenvalue weighted by Gasteiger charge is -2.27. The van der Waals surface area contributed by atoms with E-state index in [1.165, 1.54) is 5.56 Å². The monoisotopic (exact) mass is 234 g/mol. The highest BCUT2D eigenvalue weighted by molar-refractivity contribution is 5.78. The van der Waals surface area contributed by atoms with Gasteiger partial charge in [-0.1, -0.05) is 0 Å². The first-order chi connectivity index (χ1) is 8.25.